The number of hydrogen-bond acceptors (Lipinski definition) is 4. The first kappa shape index (κ1) is 20.0. The molecule has 1 aromatic carbocycles. The molecule has 1 unspecified atom stereocenters. The molecular formula is C21H33N3O3. The third-order valence-corrected chi connectivity index (χ3v) is 5.56. The van der Waals surface area contributed by atoms with E-state index >= 15 is 0 Å². The maximum Gasteiger partial charge on any atom is 0.191 e. The minimum absolute atomic E-state index is 0.0106. The second kappa shape index (κ2) is 9.95. The van der Waals surface area contributed by atoms with Crippen molar-refractivity contribution in [2.24, 2.45) is 4.99 Å². The highest BCUT2D eigenvalue weighted by Gasteiger charge is 2.34. The van der Waals surface area contributed by atoms with E-state index in [-0.39, 0.29) is 5.41 Å². The number of hydrogen-bond donors (Lipinski definition) is 2. The van der Waals surface area contributed by atoms with Crippen molar-refractivity contribution in [2.75, 3.05) is 46.6 Å². The fourth-order valence-electron chi connectivity index (χ4n) is 3.83. The van der Waals surface area contributed by atoms with Gasteiger partial charge in [-0.1, -0.05) is 12.1 Å². The molecule has 27 heavy (non-hydrogen) atoms. The van der Waals surface area contributed by atoms with Crippen molar-refractivity contribution in [3.8, 4) is 5.75 Å². The molecule has 0 saturated carbocycles. The monoisotopic (exact) mass is 375 g/mol. The Bertz CT molecular complexity index is 591. The van der Waals surface area contributed by atoms with Gasteiger partial charge in [0.15, 0.2) is 5.96 Å². The molecule has 2 fully saturated rings. The zero-order chi connectivity index (χ0) is 19.0. The Kier molecular flexibility index (Phi) is 7.35. The van der Waals surface area contributed by atoms with Gasteiger partial charge >= 0.3 is 0 Å². The lowest BCUT2D eigenvalue weighted by Gasteiger charge is -2.36. The molecule has 0 bridgehead atoms. The van der Waals surface area contributed by atoms with Gasteiger partial charge in [-0.3, -0.25) is 4.99 Å². The number of aliphatic imine (C=N–C) groups is 1. The summed E-state index contributed by atoms with van der Waals surface area (Å²) in [6.07, 6.45) is 4.54. The molecule has 3 rings (SSSR count). The van der Waals surface area contributed by atoms with Gasteiger partial charge in [-0.25, -0.2) is 0 Å². The van der Waals surface area contributed by atoms with Crippen LogP contribution in [0.4, 0.5) is 0 Å². The third-order valence-electron chi connectivity index (χ3n) is 5.56. The summed E-state index contributed by atoms with van der Waals surface area (Å²) in [5, 5.41) is 6.82. The maximum atomic E-state index is 5.71. The Balaban J connectivity index is 1.71. The van der Waals surface area contributed by atoms with Crippen LogP contribution in [-0.4, -0.2) is 58.6 Å². The van der Waals surface area contributed by atoms with E-state index in [1.165, 1.54) is 5.56 Å². The van der Waals surface area contributed by atoms with E-state index in [9.17, 15) is 0 Å². The first-order valence-corrected chi connectivity index (χ1v) is 10.1. The van der Waals surface area contributed by atoms with Crippen LogP contribution in [0.25, 0.3) is 0 Å². The molecular weight excluding hydrogens is 342 g/mol. The first-order chi connectivity index (χ1) is 13.3. The summed E-state index contributed by atoms with van der Waals surface area (Å²) >= 11 is 0. The average molecular weight is 376 g/mol. The normalized spacial score (nSPS) is 22.4. The van der Waals surface area contributed by atoms with E-state index in [4.69, 9.17) is 19.2 Å². The number of nitrogens with zero attached hydrogens (tertiary/aromatic N) is 1. The van der Waals surface area contributed by atoms with E-state index < -0.39 is 0 Å². The minimum Gasteiger partial charge on any atom is -0.497 e. The fraction of sp³-hybridized carbons (Fsp3) is 0.667. The SMILES string of the molecule is CCNC(=NCC1(c2ccc(OC)cc2)CCOCC1)NCC1CCCO1. The second-order valence-corrected chi connectivity index (χ2v) is 7.33. The summed E-state index contributed by atoms with van der Waals surface area (Å²) in [5.74, 6) is 1.75. The minimum atomic E-state index is 0.0106. The quantitative estimate of drug-likeness (QED) is 0.566. The number of benzene rings is 1. The zero-order valence-corrected chi connectivity index (χ0v) is 16.6. The largest absolute Gasteiger partial charge is 0.497 e. The molecule has 2 aliphatic rings. The van der Waals surface area contributed by atoms with Crippen LogP contribution in [-0.2, 0) is 14.9 Å². The van der Waals surface area contributed by atoms with Crippen LogP contribution in [0, 0.1) is 0 Å². The van der Waals surface area contributed by atoms with Gasteiger partial charge in [0.2, 0.25) is 0 Å². The van der Waals surface area contributed by atoms with Crippen molar-refractivity contribution in [2.45, 2.75) is 44.1 Å². The zero-order valence-electron chi connectivity index (χ0n) is 16.6. The number of nitrogens with one attached hydrogen (secondary N) is 2. The number of guanidine groups is 1. The summed E-state index contributed by atoms with van der Waals surface area (Å²) in [5.41, 5.74) is 1.32. The molecule has 2 aliphatic heterocycles. The summed E-state index contributed by atoms with van der Waals surface area (Å²) in [7, 11) is 1.70. The predicted octanol–water partition coefficient (Wildman–Crippen LogP) is 2.48. The van der Waals surface area contributed by atoms with Gasteiger partial charge in [-0.05, 0) is 50.3 Å². The molecule has 6 nitrogen and oxygen atoms in total. The predicted molar refractivity (Wildman–Crippen MR) is 108 cm³/mol. The molecule has 0 spiro atoms. The van der Waals surface area contributed by atoms with Crippen molar-refractivity contribution in [1.82, 2.24) is 10.6 Å². The highest BCUT2D eigenvalue weighted by Crippen LogP contribution is 2.36. The van der Waals surface area contributed by atoms with Gasteiger partial charge in [0.1, 0.15) is 5.75 Å². The molecule has 0 radical (unpaired) electrons. The van der Waals surface area contributed by atoms with Gasteiger partial charge in [0, 0.05) is 38.3 Å². The van der Waals surface area contributed by atoms with Crippen LogP contribution in [0.3, 0.4) is 0 Å². The Morgan fingerprint density at radius 3 is 2.59 bits per heavy atom. The number of ether oxygens (including phenoxy) is 3. The second-order valence-electron chi connectivity index (χ2n) is 7.33. The standard InChI is InChI=1S/C21H33N3O3/c1-3-22-20(23-15-19-5-4-12-27-19)24-16-21(10-13-26-14-11-21)17-6-8-18(25-2)9-7-17/h6-9,19H,3-5,10-16H2,1-2H3,(H2,22,23,24). The van der Waals surface area contributed by atoms with Crippen LogP contribution in [0.1, 0.15) is 38.2 Å². The molecule has 2 heterocycles. The lowest BCUT2D eigenvalue weighted by Crippen LogP contribution is -2.43. The van der Waals surface area contributed by atoms with Crippen molar-refractivity contribution in [1.29, 1.82) is 0 Å². The van der Waals surface area contributed by atoms with Gasteiger partial charge in [0.05, 0.1) is 19.8 Å². The van der Waals surface area contributed by atoms with Crippen LogP contribution in [0.2, 0.25) is 0 Å². The van der Waals surface area contributed by atoms with E-state index in [0.717, 1.165) is 76.8 Å². The van der Waals surface area contributed by atoms with Crippen molar-refractivity contribution in [3.63, 3.8) is 0 Å². The molecule has 0 aromatic heterocycles. The topological polar surface area (TPSA) is 64.1 Å². The Morgan fingerprint density at radius 2 is 1.96 bits per heavy atom. The third kappa shape index (κ3) is 5.36. The Labute approximate surface area is 162 Å². The van der Waals surface area contributed by atoms with Crippen LogP contribution in [0.5, 0.6) is 5.75 Å². The van der Waals surface area contributed by atoms with E-state index in [0.29, 0.717) is 6.10 Å². The van der Waals surface area contributed by atoms with Crippen molar-refractivity contribution >= 4 is 5.96 Å². The number of methoxy groups -OCH3 is 1. The first-order valence-electron chi connectivity index (χ1n) is 10.1. The summed E-state index contributed by atoms with van der Waals surface area (Å²) < 4.78 is 16.7. The van der Waals surface area contributed by atoms with E-state index in [1.54, 1.807) is 7.11 Å². The van der Waals surface area contributed by atoms with Crippen LogP contribution < -0.4 is 15.4 Å². The van der Waals surface area contributed by atoms with E-state index in [2.05, 4.69) is 29.7 Å². The summed E-state index contributed by atoms with van der Waals surface area (Å²) in [4.78, 5) is 4.94. The van der Waals surface area contributed by atoms with Gasteiger partial charge in [-0.15, -0.1) is 0 Å². The molecule has 2 saturated heterocycles. The number of rotatable bonds is 7. The van der Waals surface area contributed by atoms with Crippen molar-refractivity contribution < 1.29 is 14.2 Å². The smallest absolute Gasteiger partial charge is 0.191 e. The van der Waals surface area contributed by atoms with Crippen LogP contribution in [0.15, 0.2) is 29.3 Å². The van der Waals surface area contributed by atoms with Gasteiger partial charge < -0.3 is 24.8 Å². The van der Waals surface area contributed by atoms with Crippen LogP contribution >= 0.6 is 0 Å². The lowest BCUT2D eigenvalue weighted by molar-refractivity contribution is 0.0530. The average Bonchev–Trinajstić information content (AvgIpc) is 3.24. The Morgan fingerprint density at radius 1 is 1.19 bits per heavy atom. The molecule has 1 atom stereocenters. The summed E-state index contributed by atoms with van der Waals surface area (Å²) in [6.45, 7) is 6.92. The molecule has 0 aliphatic carbocycles. The van der Waals surface area contributed by atoms with Gasteiger partial charge in [-0.2, -0.15) is 0 Å². The molecule has 150 valence electrons. The molecule has 0 amide bonds. The van der Waals surface area contributed by atoms with Crippen molar-refractivity contribution in [3.05, 3.63) is 29.8 Å². The molecule has 1 aromatic rings. The Hall–Kier alpha value is -1.79. The maximum absolute atomic E-state index is 5.71. The van der Waals surface area contributed by atoms with E-state index in [1.807, 2.05) is 12.1 Å². The highest BCUT2D eigenvalue weighted by atomic mass is 16.5. The lowest BCUT2D eigenvalue weighted by atomic mass is 9.74. The molecule has 2 N–H and O–H groups in total. The summed E-state index contributed by atoms with van der Waals surface area (Å²) in [6, 6.07) is 8.42. The molecule has 6 heteroatoms. The van der Waals surface area contributed by atoms with Gasteiger partial charge in [0.25, 0.3) is 0 Å². The highest BCUT2D eigenvalue weighted by molar-refractivity contribution is 5.79. The fourth-order valence-corrected chi connectivity index (χ4v) is 3.83.